The Balaban J connectivity index is 1.02. The second-order valence-corrected chi connectivity index (χ2v) is 11.8. The third-order valence-corrected chi connectivity index (χ3v) is 9.79. The number of fused-ring (bicyclic) bond motifs is 3. The topological polar surface area (TPSA) is 36.9 Å². The van der Waals surface area contributed by atoms with Gasteiger partial charge in [-0.3, -0.25) is 0 Å². The van der Waals surface area contributed by atoms with E-state index < -0.39 is 0 Å². The summed E-state index contributed by atoms with van der Waals surface area (Å²) in [5.41, 5.74) is 1.29. The third-order valence-electron chi connectivity index (χ3n) is 9.79. The lowest BCUT2D eigenvalue weighted by molar-refractivity contribution is -0.192. The number of rotatable bonds is 5. The molecule has 6 rings (SSSR count). The summed E-state index contributed by atoms with van der Waals surface area (Å²) in [6, 6.07) is 0. The number of ether oxygens (including phenoxy) is 4. The zero-order valence-electron chi connectivity index (χ0n) is 19.4. The smallest absolute Gasteiger partial charge is 0.154 e. The van der Waals surface area contributed by atoms with Crippen LogP contribution in [0, 0.1) is 28.6 Å². The van der Waals surface area contributed by atoms with Gasteiger partial charge in [0.25, 0.3) is 0 Å². The molecule has 0 aromatic rings. The molecule has 2 bridgehead atoms. The van der Waals surface area contributed by atoms with Crippen LogP contribution in [-0.4, -0.2) is 44.9 Å². The van der Waals surface area contributed by atoms with Crippen LogP contribution in [0.25, 0.3) is 0 Å². The van der Waals surface area contributed by atoms with Crippen molar-refractivity contribution in [2.24, 2.45) is 28.6 Å². The Labute approximate surface area is 183 Å². The van der Waals surface area contributed by atoms with Crippen LogP contribution in [0.15, 0.2) is 0 Å². The molecule has 3 unspecified atom stereocenters. The lowest BCUT2D eigenvalue weighted by Gasteiger charge is -2.56. The summed E-state index contributed by atoms with van der Waals surface area (Å²) in [7, 11) is 0. The van der Waals surface area contributed by atoms with E-state index in [1.165, 1.54) is 77.0 Å². The van der Waals surface area contributed by atoms with Gasteiger partial charge >= 0.3 is 0 Å². The summed E-state index contributed by atoms with van der Waals surface area (Å²) >= 11 is 0. The van der Waals surface area contributed by atoms with Crippen molar-refractivity contribution in [2.45, 2.75) is 109 Å². The van der Waals surface area contributed by atoms with Crippen molar-refractivity contribution < 1.29 is 18.9 Å². The van der Waals surface area contributed by atoms with Gasteiger partial charge in [0.1, 0.15) is 0 Å². The molecular weight excluding hydrogens is 376 g/mol. The maximum atomic E-state index is 6.49. The van der Waals surface area contributed by atoms with Crippen molar-refractivity contribution in [1.82, 2.24) is 0 Å². The summed E-state index contributed by atoms with van der Waals surface area (Å²) in [4.78, 5) is 0. The van der Waals surface area contributed by atoms with Gasteiger partial charge in [-0.1, -0.05) is 6.92 Å². The summed E-state index contributed by atoms with van der Waals surface area (Å²) in [6.45, 7) is 8.13. The first kappa shape index (κ1) is 21.7. The van der Waals surface area contributed by atoms with Gasteiger partial charge < -0.3 is 18.9 Å². The van der Waals surface area contributed by atoms with Crippen LogP contribution < -0.4 is 0 Å². The zero-order valence-corrected chi connectivity index (χ0v) is 19.4. The molecule has 172 valence electrons. The fourth-order valence-electron chi connectivity index (χ4n) is 7.19. The minimum atomic E-state index is -0.0221. The molecule has 3 aliphatic heterocycles. The Morgan fingerprint density at radius 3 is 1.77 bits per heavy atom. The van der Waals surface area contributed by atoms with E-state index in [0.717, 1.165) is 32.3 Å². The van der Waals surface area contributed by atoms with Gasteiger partial charge in [-0.15, -0.1) is 0 Å². The highest BCUT2D eigenvalue weighted by Gasteiger charge is 2.51. The second-order valence-electron chi connectivity index (χ2n) is 11.8. The predicted octanol–water partition coefficient (Wildman–Crippen LogP) is 5.73. The van der Waals surface area contributed by atoms with Gasteiger partial charge in [0.2, 0.25) is 0 Å². The van der Waals surface area contributed by atoms with Crippen LogP contribution in [0.4, 0.5) is 0 Å². The molecule has 30 heavy (non-hydrogen) atoms. The van der Waals surface area contributed by atoms with Crippen LogP contribution in [0.5, 0.6) is 0 Å². The van der Waals surface area contributed by atoms with Gasteiger partial charge in [-0.2, -0.15) is 0 Å². The van der Waals surface area contributed by atoms with E-state index in [1.54, 1.807) is 0 Å². The monoisotopic (exact) mass is 420 g/mol. The van der Waals surface area contributed by atoms with Crippen molar-refractivity contribution in [3.05, 3.63) is 0 Å². The maximum Gasteiger partial charge on any atom is 0.154 e. The number of hydrogen-bond acceptors (Lipinski definition) is 4. The van der Waals surface area contributed by atoms with Crippen molar-refractivity contribution >= 4 is 0 Å². The molecule has 6 fully saturated rings. The molecule has 4 heteroatoms. The van der Waals surface area contributed by atoms with Crippen LogP contribution in [-0.2, 0) is 18.9 Å². The van der Waals surface area contributed by atoms with E-state index in [1.807, 2.05) is 6.92 Å². The van der Waals surface area contributed by atoms with Gasteiger partial charge in [-0.25, -0.2) is 0 Å². The third kappa shape index (κ3) is 4.63. The quantitative estimate of drug-likeness (QED) is 0.569. The summed E-state index contributed by atoms with van der Waals surface area (Å²) < 4.78 is 24.1. The fraction of sp³-hybridized carbons (Fsp3) is 1.00. The SMILES string of the molecule is CC1OCC(CCC2CC[C@H](C3CCC(C45CCC(C)(CC4)CC5)CO3)OC2)CO1. The van der Waals surface area contributed by atoms with Gasteiger partial charge in [0.05, 0.1) is 32.0 Å². The molecule has 4 atom stereocenters. The van der Waals surface area contributed by atoms with E-state index >= 15 is 0 Å². The standard InChI is InChI=1S/C26H44O4/c1-19-27-16-21(17-28-19)4-3-20-5-7-23(29-15-20)24-8-6-22(18-30-24)26-12-9-25(2,10-13-26)11-14-26/h19-24H,3-18H2,1-2H3/t19?,20?,21?,22?,23-,24?,25?,26?/m1/s1. The van der Waals surface area contributed by atoms with Crippen LogP contribution in [0.3, 0.4) is 0 Å². The molecule has 0 aromatic carbocycles. The normalized spacial score (nSPS) is 49.8. The van der Waals surface area contributed by atoms with Gasteiger partial charge in [-0.05, 0) is 107 Å². The summed E-state index contributed by atoms with van der Waals surface area (Å²) in [5.74, 6) is 2.07. The minimum Gasteiger partial charge on any atom is -0.375 e. The lowest BCUT2D eigenvalue weighted by Crippen LogP contribution is -2.49. The average Bonchev–Trinajstić information content (AvgIpc) is 2.80. The molecule has 0 spiro atoms. The Morgan fingerprint density at radius 2 is 1.20 bits per heavy atom. The molecule has 0 amide bonds. The van der Waals surface area contributed by atoms with Crippen molar-refractivity contribution in [1.29, 1.82) is 0 Å². The zero-order chi connectivity index (χ0) is 20.6. The molecule has 3 heterocycles. The first-order valence-electron chi connectivity index (χ1n) is 13.0. The Hall–Kier alpha value is -0.160. The Bertz CT molecular complexity index is 529. The van der Waals surface area contributed by atoms with E-state index in [0.29, 0.717) is 34.9 Å². The van der Waals surface area contributed by atoms with Gasteiger partial charge in [0, 0.05) is 12.5 Å². The van der Waals surface area contributed by atoms with Crippen LogP contribution in [0.1, 0.15) is 90.9 Å². The van der Waals surface area contributed by atoms with Crippen LogP contribution in [0.2, 0.25) is 0 Å². The van der Waals surface area contributed by atoms with E-state index in [2.05, 4.69) is 6.92 Å². The molecular formula is C26H44O4. The van der Waals surface area contributed by atoms with E-state index in [4.69, 9.17) is 18.9 Å². The van der Waals surface area contributed by atoms with E-state index in [9.17, 15) is 0 Å². The van der Waals surface area contributed by atoms with Crippen LogP contribution >= 0.6 is 0 Å². The first-order chi connectivity index (χ1) is 14.5. The lowest BCUT2D eigenvalue weighted by atomic mass is 9.50. The Kier molecular flexibility index (Phi) is 6.50. The highest BCUT2D eigenvalue weighted by Crippen LogP contribution is 2.61. The summed E-state index contributed by atoms with van der Waals surface area (Å²) in [5, 5.41) is 0. The molecule has 0 aromatic heterocycles. The van der Waals surface area contributed by atoms with Crippen molar-refractivity contribution in [3.63, 3.8) is 0 Å². The average molecular weight is 421 g/mol. The molecule has 3 aliphatic carbocycles. The first-order valence-corrected chi connectivity index (χ1v) is 13.0. The predicted molar refractivity (Wildman–Crippen MR) is 117 cm³/mol. The molecule has 3 saturated carbocycles. The largest absolute Gasteiger partial charge is 0.375 e. The highest BCUT2D eigenvalue weighted by molar-refractivity contribution is 5.01. The number of hydrogen-bond donors (Lipinski definition) is 0. The summed E-state index contributed by atoms with van der Waals surface area (Å²) in [6.07, 6.45) is 16.9. The van der Waals surface area contributed by atoms with Crippen molar-refractivity contribution in [2.75, 3.05) is 26.4 Å². The molecule has 0 radical (unpaired) electrons. The van der Waals surface area contributed by atoms with Gasteiger partial charge in [0.15, 0.2) is 6.29 Å². The molecule has 0 N–H and O–H groups in total. The fourth-order valence-corrected chi connectivity index (χ4v) is 7.19. The molecule has 6 aliphatic rings. The maximum absolute atomic E-state index is 6.49. The Morgan fingerprint density at radius 1 is 0.633 bits per heavy atom. The van der Waals surface area contributed by atoms with Crippen molar-refractivity contribution in [3.8, 4) is 0 Å². The minimum absolute atomic E-state index is 0.0221. The molecule has 4 nitrogen and oxygen atoms in total. The highest BCUT2D eigenvalue weighted by atomic mass is 16.7. The molecule has 3 saturated heterocycles. The second kappa shape index (κ2) is 9.00. The van der Waals surface area contributed by atoms with E-state index in [-0.39, 0.29) is 6.29 Å².